The van der Waals surface area contributed by atoms with Gasteiger partial charge in [-0.1, -0.05) is 6.92 Å². The lowest BCUT2D eigenvalue weighted by Gasteiger charge is -2.32. The lowest BCUT2D eigenvalue weighted by atomic mass is 10.1. The molecule has 0 radical (unpaired) electrons. The molecule has 1 N–H and O–H groups in total. The number of amides is 1. The Labute approximate surface area is 217 Å². The van der Waals surface area contributed by atoms with Gasteiger partial charge in [-0.3, -0.25) is 4.79 Å². The van der Waals surface area contributed by atoms with Gasteiger partial charge in [-0.05, 0) is 48.4 Å². The normalized spacial score (nSPS) is 14.6. The molecule has 4 aromatic rings. The molecule has 0 unspecified atom stereocenters. The molecule has 1 amide bonds. The number of aryl methyl sites for hydroxylation is 1. The predicted octanol–water partition coefficient (Wildman–Crippen LogP) is 4.72. The average molecular weight is 525 g/mol. The van der Waals surface area contributed by atoms with E-state index in [1.54, 1.807) is 30.6 Å². The highest BCUT2D eigenvalue weighted by Crippen LogP contribution is 2.24. The number of rotatable bonds is 7. The van der Waals surface area contributed by atoms with Gasteiger partial charge in [-0.25, -0.2) is 15.0 Å². The Kier molecular flexibility index (Phi) is 7.17. The Bertz CT molecular complexity index is 1400. The van der Waals surface area contributed by atoms with Gasteiger partial charge in [0.05, 0.1) is 11.7 Å². The number of alkyl halides is 3. The number of ether oxygens (including phenoxy) is 1. The highest BCUT2D eigenvalue weighted by molar-refractivity contribution is 5.98. The van der Waals surface area contributed by atoms with E-state index < -0.39 is 18.6 Å². The topological polar surface area (TPSA) is 85.2 Å². The monoisotopic (exact) mass is 524 g/mol. The van der Waals surface area contributed by atoms with Gasteiger partial charge in [-0.15, -0.1) is 0 Å². The fourth-order valence-corrected chi connectivity index (χ4v) is 4.41. The molecule has 8 nitrogen and oxygen atoms in total. The van der Waals surface area contributed by atoms with Crippen LogP contribution < -0.4 is 15.0 Å². The van der Waals surface area contributed by atoms with E-state index in [1.165, 1.54) is 6.07 Å². The van der Waals surface area contributed by atoms with E-state index in [4.69, 9.17) is 4.74 Å². The van der Waals surface area contributed by atoms with Crippen LogP contribution in [0.25, 0.3) is 16.7 Å². The summed E-state index contributed by atoms with van der Waals surface area (Å²) in [4.78, 5) is 27.7. The van der Waals surface area contributed by atoms with E-state index in [9.17, 15) is 18.0 Å². The third-order valence-electron chi connectivity index (χ3n) is 6.50. The van der Waals surface area contributed by atoms with Gasteiger partial charge in [0.15, 0.2) is 0 Å². The minimum absolute atomic E-state index is 0.0723. The van der Waals surface area contributed by atoms with Crippen LogP contribution in [0.15, 0.2) is 61.2 Å². The summed E-state index contributed by atoms with van der Waals surface area (Å²) in [5, 5.41) is 2.61. The number of pyridine rings is 1. The second-order valence-corrected chi connectivity index (χ2v) is 9.16. The molecule has 4 heterocycles. The Balaban J connectivity index is 1.19. The molecule has 1 saturated heterocycles. The summed E-state index contributed by atoms with van der Waals surface area (Å²) in [5.41, 5.74) is 2.06. The van der Waals surface area contributed by atoms with Crippen molar-refractivity contribution in [2.45, 2.75) is 38.5 Å². The number of aromatic nitrogens is 4. The van der Waals surface area contributed by atoms with Gasteiger partial charge in [-0.2, -0.15) is 13.2 Å². The molecule has 0 bridgehead atoms. The van der Waals surface area contributed by atoms with Gasteiger partial charge >= 0.3 is 6.18 Å². The molecule has 38 heavy (non-hydrogen) atoms. The molecular formula is C27H27F3N6O2. The first kappa shape index (κ1) is 25.5. The van der Waals surface area contributed by atoms with Gasteiger partial charge in [0.25, 0.3) is 5.91 Å². The maximum absolute atomic E-state index is 12.4. The molecule has 0 spiro atoms. The van der Waals surface area contributed by atoms with Crippen LogP contribution in [-0.4, -0.2) is 57.3 Å². The molecule has 1 aliphatic rings. The van der Waals surface area contributed by atoms with E-state index >= 15 is 0 Å². The van der Waals surface area contributed by atoms with E-state index in [0.29, 0.717) is 17.0 Å². The van der Waals surface area contributed by atoms with Crippen LogP contribution in [0.4, 0.5) is 19.1 Å². The van der Waals surface area contributed by atoms with E-state index in [1.807, 2.05) is 34.4 Å². The third kappa shape index (κ3) is 5.87. The second kappa shape index (κ2) is 10.7. The minimum atomic E-state index is -4.46. The number of halogens is 3. The van der Waals surface area contributed by atoms with Crippen molar-refractivity contribution in [1.29, 1.82) is 0 Å². The Morgan fingerprint density at radius 1 is 1.05 bits per heavy atom. The van der Waals surface area contributed by atoms with Crippen LogP contribution in [-0.2, 0) is 6.42 Å². The Hall–Kier alpha value is -4.15. The number of piperidine rings is 1. The maximum Gasteiger partial charge on any atom is 0.405 e. The SMILES string of the molecule is CCc1cnc(N2CCC(Oc3ccc(-n4ccc5cc(C(=O)NCC(F)(F)F)ccc54)nc3)CC2)nc1. The predicted molar refractivity (Wildman–Crippen MR) is 137 cm³/mol. The number of hydrogen-bond donors (Lipinski definition) is 1. The molecule has 0 saturated carbocycles. The number of benzene rings is 1. The number of fused-ring (bicyclic) bond motifs is 1. The third-order valence-corrected chi connectivity index (χ3v) is 6.50. The maximum atomic E-state index is 12.4. The van der Waals surface area contributed by atoms with Gasteiger partial charge in [0.2, 0.25) is 5.95 Å². The standard InChI is InChI=1S/C27H27F3N6O2/c1-2-18-14-32-26(33-15-18)35-10-8-21(9-11-35)38-22-4-6-24(31-16-22)36-12-7-19-13-20(3-5-23(19)36)25(37)34-17-27(28,29)30/h3-7,12-16,21H,2,8-11,17H2,1H3,(H,34,37). The summed E-state index contributed by atoms with van der Waals surface area (Å²) in [6.45, 7) is 2.33. The molecule has 0 aliphatic carbocycles. The molecule has 1 aromatic carbocycles. The summed E-state index contributed by atoms with van der Waals surface area (Å²) in [6.07, 6.45) is 5.46. The fourth-order valence-electron chi connectivity index (χ4n) is 4.41. The van der Waals surface area contributed by atoms with Crippen molar-refractivity contribution >= 4 is 22.8 Å². The van der Waals surface area contributed by atoms with Crippen molar-refractivity contribution in [2.24, 2.45) is 0 Å². The first-order valence-corrected chi connectivity index (χ1v) is 12.4. The highest BCUT2D eigenvalue weighted by atomic mass is 19.4. The van der Waals surface area contributed by atoms with Gasteiger partial charge < -0.3 is 19.5 Å². The van der Waals surface area contributed by atoms with Crippen molar-refractivity contribution < 1.29 is 22.7 Å². The molecular weight excluding hydrogens is 497 g/mol. The van der Waals surface area contributed by atoms with E-state index in [2.05, 4.69) is 26.8 Å². The van der Waals surface area contributed by atoms with Crippen molar-refractivity contribution in [1.82, 2.24) is 24.8 Å². The number of nitrogens with zero attached hydrogens (tertiary/aromatic N) is 5. The van der Waals surface area contributed by atoms with Crippen molar-refractivity contribution in [3.63, 3.8) is 0 Å². The van der Waals surface area contributed by atoms with Crippen LogP contribution in [0.2, 0.25) is 0 Å². The lowest BCUT2D eigenvalue weighted by molar-refractivity contribution is -0.123. The molecule has 0 atom stereocenters. The number of carbonyl (C=O) groups excluding carboxylic acids is 1. The largest absolute Gasteiger partial charge is 0.489 e. The number of hydrogen-bond acceptors (Lipinski definition) is 6. The number of nitrogens with one attached hydrogen (secondary N) is 1. The molecule has 198 valence electrons. The van der Waals surface area contributed by atoms with Gasteiger partial charge in [0.1, 0.15) is 24.2 Å². The summed E-state index contributed by atoms with van der Waals surface area (Å²) < 4.78 is 45.2. The zero-order chi connectivity index (χ0) is 26.7. The second-order valence-electron chi connectivity index (χ2n) is 9.16. The zero-order valence-electron chi connectivity index (χ0n) is 20.8. The number of anilines is 1. The van der Waals surface area contributed by atoms with Crippen molar-refractivity contribution in [2.75, 3.05) is 24.5 Å². The van der Waals surface area contributed by atoms with Crippen molar-refractivity contribution in [3.05, 3.63) is 72.3 Å². The van der Waals surface area contributed by atoms with Crippen LogP contribution in [0.5, 0.6) is 5.75 Å². The van der Waals surface area contributed by atoms with E-state index in [-0.39, 0.29) is 11.7 Å². The minimum Gasteiger partial charge on any atom is -0.489 e. The van der Waals surface area contributed by atoms with E-state index in [0.717, 1.165) is 49.4 Å². The van der Waals surface area contributed by atoms with Crippen LogP contribution >= 0.6 is 0 Å². The average Bonchev–Trinajstić information content (AvgIpc) is 3.36. The summed E-state index contributed by atoms with van der Waals surface area (Å²) >= 11 is 0. The summed E-state index contributed by atoms with van der Waals surface area (Å²) in [5.74, 6) is 1.31. The Morgan fingerprint density at radius 3 is 2.47 bits per heavy atom. The summed E-state index contributed by atoms with van der Waals surface area (Å²) in [6, 6.07) is 10.2. The molecule has 3 aromatic heterocycles. The van der Waals surface area contributed by atoms with Crippen LogP contribution in [0.3, 0.4) is 0 Å². The molecule has 1 aliphatic heterocycles. The summed E-state index contributed by atoms with van der Waals surface area (Å²) in [7, 11) is 0. The quantitative estimate of drug-likeness (QED) is 0.377. The first-order valence-electron chi connectivity index (χ1n) is 12.4. The van der Waals surface area contributed by atoms with Crippen LogP contribution in [0.1, 0.15) is 35.7 Å². The lowest BCUT2D eigenvalue weighted by Crippen LogP contribution is -2.39. The van der Waals surface area contributed by atoms with Crippen molar-refractivity contribution in [3.8, 4) is 11.6 Å². The zero-order valence-corrected chi connectivity index (χ0v) is 20.8. The fraction of sp³-hybridized carbons (Fsp3) is 0.333. The highest BCUT2D eigenvalue weighted by Gasteiger charge is 2.28. The molecule has 5 rings (SSSR count). The molecule has 1 fully saturated rings. The number of carbonyl (C=O) groups is 1. The Morgan fingerprint density at radius 2 is 1.82 bits per heavy atom. The smallest absolute Gasteiger partial charge is 0.405 e. The molecule has 11 heteroatoms. The van der Waals surface area contributed by atoms with Crippen LogP contribution in [0, 0.1) is 0 Å². The first-order chi connectivity index (χ1) is 18.3. The van der Waals surface area contributed by atoms with Gasteiger partial charge in [0, 0.05) is 55.5 Å².